The molecule has 2 aromatic rings. The predicted molar refractivity (Wildman–Crippen MR) is 79.3 cm³/mol. The molecule has 1 fully saturated rings. The topological polar surface area (TPSA) is 68.5 Å². The van der Waals surface area contributed by atoms with E-state index in [1.165, 1.54) is 4.90 Å². The van der Waals surface area contributed by atoms with Crippen LogP contribution in [-0.2, 0) is 4.74 Å². The molecule has 1 aromatic heterocycles. The molecule has 3 rings (SSSR count). The van der Waals surface area contributed by atoms with E-state index in [0.29, 0.717) is 11.7 Å². The van der Waals surface area contributed by atoms with Gasteiger partial charge in [-0.1, -0.05) is 19.0 Å². The Morgan fingerprint density at radius 3 is 2.88 bits per heavy atom. The molecule has 1 amide bonds. The first-order valence-corrected chi connectivity index (χ1v) is 7.65. The normalized spacial score (nSPS) is 18.2. The number of halogens is 2. The molecule has 1 atom stereocenters. The number of morpholine rings is 1. The molecule has 0 saturated carbocycles. The zero-order valence-corrected chi connectivity index (χ0v) is 13.3. The predicted octanol–water partition coefficient (Wildman–Crippen LogP) is 2.68. The average molecular weight is 337 g/mol. The summed E-state index contributed by atoms with van der Waals surface area (Å²) in [6.07, 6.45) is -0.560. The van der Waals surface area contributed by atoms with E-state index in [4.69, 9.17) is 9.26 Å². The third kappa shape index (κ3) is 3.28. The molecule has 24 heavy (non-hydrogen) atoms. The number of amides is 1. The minimum Gasteiger partial charge on any atom is -0.366 e. The van der Waals surface area contributed by atoms with Crippen LogP contribution in [0, 0.1) is 11.6 Å². The third-order valence-corrected chi connectivity index (χ3v) is 3.75. The molecule has 6 nitrogen and oxygen atoms in total. The Bertz CT molecular complexity index is 748. The number of ether oxygens (including phenoxy) is 1. The van der Waals surface area contributed by atoms with E-state index in [2.05, 4.69) is 10.1 Å². The summed E-state index contributed by atoms with van der Waals surface area (Å²) >= 11 is 0. The quantitative estimate of drug-likeness (QED) is 0.861. The second kappa shape index (κ2) is 6.64. The first kappa shape index (κ1) is 16.5. The summed E-state index contributed by atoms with van der Waals surface area (Å²) in [7, 11) is 0. The number of carbonyl (C=O) groups excluding carboxylic acids is 1. The maximum absolute atomic E-state index is 13.8. The second-order valence-corrected chi connectivity index (χ2v) is 5.88. The van der Waals surface area contributed by atoms with Crippen LogP contribution >= 0.6 is 0 Å². The molecule has 1 aliphatic rings. The van der Waals surface area contributed by atoms with E-state index in [-0.39, 0.29) is 31.2 Å². The highest BCUT2D eigenvalue weighted by molar-refractivity contribution is 5.94. The van der Waals surface area contributed by atoms with Gasteiger partial charge in [-0.05, 0) is 18.2 Å². The minimum atomic E-state index is -0.758. The summed E-state index contributed by atoms with van der Waals surface area (Å²) in [6, 6.07) is 2.81. The van der Waals surface area contributed by atoms with Crippen molar-refractivity contribution in [2.75, 3.05) is 19.7 Å². The fourth-order valence-corrected chi connectivity index (χ4v) is 2.43. The third-order valence-electron chi connectivity index (χ3n) is 3.75. The lowest BCUT2D eigenvalue weighted by molar-refractivity contribution is -0.0277. The number of aromatic nitrogens is 2. The highest BCUT2D eigenvalue weighted by Crippen LogP contribution is 2.23. The van der Waals surface area contributed by atoms with Crippen LogP contribution < -0.4 is 0 Å². The van der Waals surface area contributed by atoms with Crippen LogP contribution in [0.15, 0.2) is 22.7 Å². The van der Waals surface area contributed by atoms with Gasteiger partial charge in [-0.3, -0.25) is 4.79 Å². The Labute approximate surface area is 137 Å². The van der Waals surface area contributed by atoms with Gasteiger partial charge in [-0.15, -0.1) is 0 Å². The Balaban J connectivity index is 1.77. The van der Waals surface area contributed by atoms with Gasteiger partial charge in [-0.25, -0.2) is 8.78 Å². The molecule has 128 valence electrons. The van der Waals surface area contributed by atoms with E-state index >= 15 is 0 Å². The fraction of sp³-hybridized carbons (Fsp3) is 0.438. The lowest BCUT2D eigenvalue weighted by Crippen LogP contribution is -2.42. The molecule has 0 aliphatic carbocycles. The van der Waals surface area contributed by atoms with E-state index < -0.39 is 23.6 Å². The van der Waals surface area contributed by atoms with Crippen LogP contribution in [-0.4, -0.2) is 40.6 Å². The van der Waals surface area contributed by atoms with Crippen molar-refractivity contribution >= 4 is 5.91 Å². The van der Waals surface area contributed by atoms with E-state index in [0.717, 1.165) is 18.2 Å². The number of hydrogen-bond acceptors (Lipinski definition) is 5. The van der Waals surface area contributed by atoms with Crippen LogP contribution in [0.4, 0.5) is 8.78 Å². The van der Waals surface area contributed by atoms with Crippen LogP contribution in [0.2, 0.25) is 0 Å². The zero-order valence-electron chi connectivity index (χ0n) is 13.3. The number of carbonyl (C=O) groups is 1. The summed E-state index contributed by atoms with van der Waals surface area (Å²) in [5.74, 6) is -1.11. The molecule has 0 spiro atoms. The standard InChI is InChI=1S/C16H17F2N3O3/c1-9(2)15-19-14(20-24-15)13-8-21(5-6-23-13)16(22)11-7-10(17)3-4-12(11)18/h3-4,7,9,13H,5-6,8H2,1-2H3/t13-/m0/s1. The smallest absolute Gasteiger partial charge is 0.257 e. The van der Waals surface area contributed by atoms with Crippen LogP contribution in [0.25, 0.3) is 0 Å². The molecule has 1 aliphatic heterocycles. The van der Waals surface area contributed by atoms with Gasteiger partial charge >= 0.3 is 0 Å². The van der Waals surface area contributed by atoms with E-state index in [9.17, 15) is 13.6 Å². The molecular weight excluding hydrogens is 320 g/mol. The van der Waals surface area contributed by atoms with Crippen molar-refractivity contribution in [2.45, 2.75) is 25.9 Å². The first-order chi connectivity index (χ1) is 11.5. The molecule has 0 N–H and O–H groups in total. The maximum atomic E-state index is 13.8. The van der Waals surface area contributed by atoms with E-state index in [1.54, 1.807) is 0 Å². The van der Waals surface area contributed by atoms with Gasteiger partial charge < -0.3 is 14.2 Å². The molecule has 8 heteroatoms. The number of rotatable bonds is 3. The Kier molecular flexibility index (Phi) is 4.57. The molecular formula is C16H17F2N3O3. The summed E-state index contributed by atoms with van der Waals surface area (Å²) in [5.41, 5.74) is -0.299. The lowest BCUT2D eigenvalue weighted by Gasteiger charge is -2.31. The van der Waals surface area contributed by atoms with Gasteiger partial charge in [0.2, 0.25) is 11.7 Å². The van der Waals surface area contributed by atoms with Gasteiger partial charge in [-0.2, -0.15) is 4.98 Å². The van der Waals surface area contributed by atoms with Gasteiger partial charge in [0.1, 0.15) is 17.7 Å². The molecule has 1 saturated heterocycles. The van der Waals surface area contributed by atoms with Crippen molar-refractivity contribution in [1.29, 1.82) is 0 Å². The lowest BCUT2D eigenvalue weighted by atomic mass is 10.1. The second-order valence-electron chi connectivity index (χ2n) is 5.88. The Morgan fingerprint density at radius 2 is 2.17 bits per heavy atom. The van der Waals surface area contributed by atoms with Crippen LogP contribution in [0.3, 0.4) is 0 Å². The zero-order chi connectivity index (χ0) is 17.3. The summed E-state index contributed by atoms with van der Waals surface area (Å²) in [6.45, 7) is 4.51. The molecule has 1 aromatic carbocycles. The summed E-state index contributed by atoms with van der Waals surface area (Å²) < 4.78 is 37.8. The van der Waals surface area contributed by atoms with Gasteiger partial charge in [0.15, 0.2) is 0 Å². The number of benzene rings is 1. The summed E-state index contributed by atoms with van der Waals surface area (Å²) in [4.78, 5) is 18.1. The van der Waals surface area contributed by atoms with Crippen molar-refractivity contribution in [1.82, 2.24) is 15.0 Å². The van der Waals surface area contributed by atoms with Crippen molar-refractivity contribution in [3.05, 3.63) is 47.1 Å². The largest absolute Gasteiger partial charge is 0.366 e. The van der Waals surface area contributed by atoms with Gasteiger partial charge in [0.25, 0.3) is 5.91 Å². The van der Waals surface area contributed by atoms with Crippen LogP contribution in [0.5, 0.6) is 0 Å². The van der Waals surface area contributed by atoms with Crippen LogP contribution in [0.1, 0.15) is 47.9 Å². The molecule has 2 heterocycles. The minimum absolute atomic E-state index is 0.0777. The first-order valence-electron chi connectivity index (χ1n) is 7.65. The molecule has 0 bridgehead atoms. The van der Waals surface area contributed by atoms with E-state index in [1.807, 2.05) is 13.8 Å². The molecule has 0 unspecified atom stereocenters. The van der Waals surface area contributed by atoms with Crippen molar-refractivity contribution in [2.24, 2.45) is 0 Å². The highest BCUT2D eigenvalue weighted by atomic mass is 19.1. The monoisotopic (exact) mass is 337 g/mol. The van der Waals surface area contributed by atoms with Crippen molar-refractivity contribution < 1.29 is 22.8 Å². The Morgan fingerprint density at radius 1 is 1.38 bits per heavy atom. The maximum Gasteiger partial charge on any atom is 0.257 e. The summed E-state index contributed by atoms with van der Waals surface area (Å²) in [5, 5.41) is 3.88. The number of nitrogens with zero attached hydrogens (tertiary/aromatic N) is 3. The Hall–Kier alpha value is -2.35. The molecule has 0 radical (unpaired) electrons. The van der Waals surface area contributed by atoms with Crippen molar-refractivity contribution in [3.63, 3.8) is 0 Å². The van der Waals surface area contributed by atoms with Crippen molar-refractivity contribution in [3.8, 4) is 0 Å². The van der Waals surface area contributed by atoms with Gasteiger partial charge in [0, 0.05) is 12.5 Å². The number of hydrogen-bond donors (Lipinski definition) is 0. The highest BCUT2D eigenvalue weighted by Gasteiger charge is 2.30. The average Bonchev–Trinajstić information content (AvgIpc) is 3.07. The SMILES string of the molecule is CC(C)c1nc([C@@H]2CN(C(=O)c3cc(F)ccc3F)CCO2)no1. The van der Waals surface area contributed by atoms with Gasteiger partial charge in [0.05, 0.1) is 18.7 Å². The fourth-order valence-electron chi connectivity index (χ4n) is 2.43.